The second-order valence-electron chi connectivity index (χ2n) is 6.93. The number of nitrogens with zero attached hydrogens (tertiary/aromatic N) is 2. The summed E-state index contributed by atoms with van der Waals surface area (Å²) in [6, 6.07) is 6.70. The monoisotopic (exact) mass is 417 g/mol. The van der Waals surface area contributed by atoms with Crippen LogP contribution in [0.4, 0.5) is 5.69 Å². The summed E-state index contributed by atoms with van der Waals surface area (Å²) in [6.07, 6.45) is 0. The Morgan fingerprint density at radius 1 is 1.14 bits per heavy atom. The minimum Gasteiger partial charge on any atom is -0.497 e. The van der Waals surface area contributed by atoms with Gasteiger partial charge in [0.15, 0.2) is 0 Å². The summed E-state index contributed by atoms with van der Waals surface area (Å²) in [4.78, 5) is 38.3. The maximum absolute atomic E-state index is 12.9. The molecule has 1 amide bonds. The Morgan fingerprint density at radius 2 is 1.90 bits per heavy atom. The Balaban J connectivity index is 1.96. The molecular weight excluding hydrogens is 394 g/mol. The summed E-state index contributed by atoms with van der Waals surface area (Å²) in [5.41, 5.74) is 0.110. The first kappa shape index (κ1) is 20.7. The van der Waals surface area contributed by atoms with Crippen LogP contribution in [-0.2, 0) is 17.9 Å². The van der Waals surface area contributed by atoms with E-state index in [0.29, 0.717) is 33.9 Å². The van der Waals surface area contributed by atoms with Gasteiger partial charge in [-0.05, 0) is 29.5 Å². The van der Waals surface area contributed by atoms with E-state index in [9.17, 15) is 14.4 Å². The number of methoxy groups -OCH3 is 2. The number of benzene rings is 1. The highest BCUT2D eigenvalue weighted by atomic mass is 32.1. The number of anilines is 1. The number of thiophene rings is 1. The second kappa shape index (κ2) is 8.52. The zero-order valence-corrected chi connectivity index (χ0v) is 17.5. The number of rotatable bonds is 7. The topological polar surface area (TPSA) is 91.6 Å². The van der Waals surface area contributed by atoms with Crippen LogP contribution in [0.15, 0.2) is 39.2 Å². The maximum Gasteiger partial charge on any atom is 0.332 e. The van der Waals surface area contributed by atoms with Crippen molar-refractivity contribution in [1.29, 1.82) is 0 Å². The van der Waals surface area contributed by atoms with E-state index in [1.807, 2.05) is 13.8 Å². The predicted molar refractivity (Wildman–Crippen MR) is 113 cm³/mol. The van der Waals surface area contributed by atoms with E-state index >= 15 is 0 Å². The quantitative estimate of drug-likeness (QED) is 0.638. The van der Waals surface area contributed by atoms with E-state index in [0.717, 1.165) is 0 Å². The summed E-state index contributed by atoms with van der Waals surface area (Å²) in [7, 11) is 3.03. The molecule has 0 aliphatic heterocycles. The van der Waals surface area contributed by atoms with Crippen LogP contribution in [0.1, 0.15) is 13.8 Å². The van der Waals surface area contributed by atoms with Gasteiger partial charge in [0.25, 0.3) is 5.56 Å². The smallest absolute Gasteiger partial charge is 0.332 e. The van der Waals surface area contributed by atoms with Gasteiger partial charge < -0.3 is 14.8 Å². The molecule has 8 nitrogen and oxygen atoms in total. The fourth-order valence-electron chi connectivity index (χ4n) is 3.05. The molecule has 0 aliphatic rings. The Labute approximate surface area is 171 Å². The fourth-order valence-corrected chi connectivity index (χ4v) is 3.89. The van der Waals surface area contributed by atoms with Gasteiger partial charge in [0, 0.05) is 12.6 Å². The second-order valence-corrected chi connectivity index (χ2v) is 7.84. The zero-order chi connectivity index (χ0) is 21.1. The number of carbonyl (C=O) groups is 1. The van der Waals surface area contributed by atoms with E-state index < -0.39 is 11.6 Å². The molecule has 0 aliphatic carbocycles. The molecule has 2 aromatic heterocycles. The molecule has 0 spiro atoms. The molecule has 9 heteroatoms. The fraction of sp³-hybridized carbons (Fsp3) is 0.350. The summed E-state index contributed by atoms with van der Waals surface area (Å²) in [6.45, 7) is 3.92. The number of hydrogen-bond acceptors (Lipinski definition) is 6. The average molecular weight is 417 g/mol. The van der Waals surface area contributed by atoms with Crippen LogP contribution in [0, 0.1) is 5.92 Å². The lowest BCUT2D eigenvalue weighted by Crippen LogP contribution is -2.42. The van der Waals surface area contributed by atoms with Crippen molar-refractivity contribution < 1.29 is 14.3 Å². The first-order chi connectivity index (χ1) is 13.8. The Kier molecular flexibility index (Phi) is 6.07. The minimum atomic E-state index is -0.494. The van der Waals surface area contributed by atoms with Gasteiger partial charge in [-0.25, -0.2) is 4.79 Å². The number of hydrogen-bond donors (Lipinski definition) is 1. The van der Waals surface area contributed by atoms with E-state index in [1.54, 1.807) is 29.6 Å². The molecule has 0 saturated heterocycles. The average Bonchev–Trinajstić information content (AvgIpc) is 3.18. The van der Waals surface area contributed by atoms with Gasteiger partial charge in [-0.2, -0.15) is 0 Å². The van der Waals surface area contributed by atoms with Gasteiger partial charge in [0.2, 0.25) is 5.91 Å². The Bertz CT molecular complexity index is 1160. The van der Waals surface area contributed by atoms with Crippen molar-refractivity contribution in [1.82, 2.24) is 9.13 Å². The van der Waals surface area contributed by atoms with Crippen molar-refractivity contribution in [2.75, 3.05) is 19.5 Å². The van der Waals surface area contributed by atoms with Crippen molar-refractivity contribution in [2.45, 2.75) is 26.9 Å². The van der Waals surface area contributed by atoms with Gasteiger partial charge in [-0.15, -0.1) is 11.3 Å². The number of carbonyl (C=O) groups excluding carboxylic acids is 1. The summed E-state index contributed by atoms with van der Waals surface area (Å²) in [5, 5.41) is 4.50. The van der Waals surface area contributed by atoms with E-state index in [-0.39, 0.29) is 18.0 Å². The first-order valence-corrected chi connectivity index (χ1v) is 9.96. The van der Waals surface area contributed by atoms with E-state index in [1.165, 1.54) is 34.7 Å². The lowest BCUT2D eigenvalue weighted by Gasteiger charge is -2.15. The third-order valence-electron chi connectivity index (χ3n) is 4.37. The number of aromatic nitrogens is 2. The molecule has 2 heterocycles. The highest BCUT2D eigenvalue weighted by Crippen LogP contribution is 2.29. The molecule has 3 rings (SSSR count). The van der Waals surface area contributed by atoms with Crippen LogP contribution in [0.25, 0.3) is 10.2 Å². The van der Waals surface area contributed by atoms with Crippen LogP contribution in [-0.4, -0.2) is 29.3 Å². The molecule has 0 fully saturated rings. The molecule has 0 saturated carbocycles. The summed E-state index contributed by atoms with van der Waals surface area (Å²) < 4.78 is 13.4. The standard InChI is InChI=1S/C20H23N3O5S/c1-12(2)10-23-19(25)18-15(7-8-29-18)22(20(23)26)11-17(24)21-14-6-5-13(27-3)9-16(14)28-4/h5-9,12H,10-11H2,1-4H3,(H,21,24). The summed E-state index contributed by atoms with van der Waals surface area (Å²) in [5.74, 6) is 0.744. The van der Waals surface area contributed by atoms with Crippen LogP contribution in [0.5, 0.6) is 11.5 Å². The van der Waals surface area contributed by atoms with Crippen molar-refractivity contribution in [3.63, 3.8) is 0 Å². The number of ether oxygens (including phenoxy) is 2. The molecular formula is C20H23N3O5S. The minimum absolute atomic E-state index is 0.114. The highest BCUT2D eigenvalue weighted by molar-refractivity contribution is 7.17. The maximum atomic E-state index is 12.9. The molecule has 1 N–H and O–H groups in total. The SMILES string of the molecule is COc1ccc(NC(=O)Cn2c(=O)n(CC(C)C)c(=O)c3sccc32)c(OC)c1. The molecule has 154 valence electrons. The van der Waals surface area contributed by atoms with Crippen LogP contribution >= 0.6 is 11.3 Å². The lowest BCUT2D eigenvalue weighted by molar-refractivity contribution is -0.116. The molecule has 29 heavy (non-hydrogen) atoms. The van der Waals surface area contributed by atoms with Gasteiger partial charge in [0.05, 0.1) is 25.4 Å². The van der Waals surface area contributed by atoms with E-state index in [4.69, 9.17) is 9.47 Å². The van der Waals surface area contributed by atoms with Crippen molar-refractivity contribution >= 4 is 33.1 Å². The Hall–Kier alpha value is -3.07. The van der Waals surface area contributed by atoms with Gasteiger partial charge in [-0.3, -0.25) is 18.7 Å². The molecule has 3 aromatic rings. The molecule has 0 bridgehead atoms. The lowest BCUT2D eigenvalue weighted by atomic mass is 10.2. The zero-order valence-electron chi connectivity index (χ0n) is 16.7. The first-order valence-electron chi connectivity index (χ1n) is 9.08. The van der Waals surface area contributed by atoms with Crippen LogP contribution in [0.2, 0.25) is 0 Å². The summed E-state index contributed by atoms with van der Waals surface area (Å²) >= 11 is 1.26. The van der Waals surface area contributed by atoms with Crippen molar-refractivity contribution in [3.05, 3.63) is 50.5 Å². The predicted octanol–water partition coefficient (Wildman–Crippen LogP) is 2.54. The largest absolute Gasteiger partial charge is 0.497 e. The third kappa shape index (κ3) is 4.19. The molecule has 0 atom stereocenters. The van der Waals surface area contributed by atoms with Gasteiger partial charge in [0.1, 0.15) is 22.7 Å². The normalized spacial score (nSPS) is 11.1. The number of fused-ring (bicyclic) bond motifs is 1. The van der Waals surface area contributed by atoms with Gasteiger partial charge >= 0.3 is 5.69 Å². The van der Waals surface area contributed by atoms with Crippen molar-refractivity contribution in [3.8, 4) is 11.5 Å². The highest BCUT2D eigenvalue weighted by Gasteiger charge is 2.18. The number of nitrogens with one attached hydrogen (secondary N) is 1. The van der Waals surface area contributed by atoms with Crippen LogP contribution < -0.4 is 26.0 Å². The third-order valence-corrected chi connectivity index (χ3v) is 5.26. The molecule has 1 aromatic carbocycles. The van der Waals surface area contributed by atoms with Gasteiger partial charge in [-0.1, -0.05) is 13.8 Å². The molecule has 0 radical (unpaired) electrons. The van der Waals surface area contributed by atoms with E-state index in [2.05, 4.69) is 5.32 Å². The van der Waals surface area contributed by atoms with Crippen molar-refractivity contribution in [2.24, 2.45) is 5.92 Å². The Morgan fingerprint density at radius 3 is 2.55 bits per heavy atom. The molecule has 0 unspecified atom stereocenters. The van der Waals surface area contributed by atoms with Crippen LogP contribution in [0.3, 0.4) is 0 Å². The number of amides is 1.